The summed E-state index contributed by atoms with van der Waals surface area (Å²) in [6.45, 7) is 5.26. The molecule has 0 aliphatic carbocycles. The van der Waals surface area contributed by atoms with Crippen LogP contribution in [0.15, 0.2) is 0 Å². The summed E-state index contributed by atoms with van der Waals surface area (Å²) in [5.74, 6) is -0.247. The van der Waals surface area contributed by atoms with Crippen LogP contribution in [-0.4, -0.2) is 24.4 Å². The SMILES string of the molecule is CC(=O)N[C@@H](CC(C)C)C(=O)NCC#N. The summed E-state index contributed by atoms with van der Waals surface area (Å²) >= 11 is 0. The summed E-state index contributed by atoms with van der Waals surface area (Å²) in [5.41, 5.74) is 0. The van der Waals surface area contributed by atoms with Gasteiger partial charge in [-0.2, -0.15) is 5.26 Å². The highest BCUT2D eigenvalue weighted by atomic mass is 16.2. The van der Waals surface area contributed by atoms with E-state index in [1.54, 1.807) is 0 Å². The molecule has 0 unspecified atom stereocenters. The van der Waals surface area contributed by atoms with Gasteiger partial charge >= 0.3 is 0 Å². The van der Waals surface area contributed by atoms with Crippen molar-refractivity contribution in [3.8, 4) is 6.07 Å². The second-order valence-corrected chi connectivity index (χ2v) is 3.76. The first-order valence-electron chi connectivity index (χ1n) is 4.89. The molecule has 0 aliphatic rings. The van der Waals surface area contributed by atoms with Crippen LogP contribution < -0.4 is 10.6 Å². The topological polar surface area (TPSA) is 82.0 Å². The van der Waals surface area contributed by atoms with Gasteiger partial charge in [-0.15, -0.1) is 0 Å². The van der Waals surface area contributed by atoms with E-state index in [1.807, 2.05) is 19.9 Å². The van der Waals surface area contributed by atoms with Crippen molar-refractivity contribution in [1.82, 2.24) is 10.6 Å². The predicted molar refractivity (Wildman–Crippen MR) is 55.7 cm³/mol. The fraction of sp³-hybridized carbons (Fsp3) is 0.700. The largest absolute Gasteiger partial charge is 0.345 e. The lowest BCUT2D eigenvalue weighted by atomic mass is 10.0. The van der Waals surface area contributed by atoms with Gasteiger partial charge in [0, 0.05) is 6.92 Å². The molecule has 5 heteroatoms. The van der Waals surface area contributed by atoms with E-state index in [9.17, 15) is 9.59 Å². The molecule has 0 rings (SSSR count). The molecule has 0 spiro atoms. The first-order valence-corrected chi connectivity index (χ1v) is 4.89. The summed E-state index contributed by atoms with van der Waals surface area (Å²) in [4.78, 5) is 22.4. The van der Waals surface area contributed by atoms with Crippen LogP contribution in [0.4, 0.5) is 0 Å². The molecule has 84 valence electrons. The molecule has 0 fully saturated rings. The van der Waals surface area contributed by atoms with Gasteiger partial charge in [0.25, 0.3) is 0 Å². The number of nitrogens with one attached hydrogen (secondary N) is 2. The zero-order chi connectivity index (χ0) is 11.8. The number of nitriles is 1. The van der Waals surface area contributed by atoms with Gasteiger partial charge in [-0.25, -0.2) is 0 Å². The Bertz CT molecular complexity index is 268. The average molecular weight is 211 g/mol. The minimum absolute atomic E-state index is 0.0347. The summed E-state index contributed by atoms with van der Waals surface area (Å²) in [7, 11) is 0. The van der Waals surface area contributed by atoms with Crippen LogP contribution in [0.1, 0.15) is 27.2 Å². The van der Waals surface area contributed by atoms with Crippen molar-refractivity contribution in [2.45, 2.75) is 33.2 Å². The van der Waals surface area contributed by atoms with E-state index in [-0.39, 0.29) is 18.4 Å². The molecule has 1 atom stereocenters. The van der Waals surface area contributed by atoms with Gasteiger partial charge < -0.3 is 10.6 Å². The van der Waals surface area contributed by atoms with Crippen molar-refractivity contribution in [1.29, 1.82) is 5.26 Å². The van der Waals surface area contributed by atoms with Crippen molar-refractivity contribution in [3.63, 3.8) is 0 Å². The molecule has 0 aromatic heterocycles. The fourth-order valence-electron chi connectivity index (χ4n) is 1.20. The quantitative estimate of drug-likeness (QED) is 0.636. The van der Waals surface area contributed by atoms with Crippen molar-refractivity contribution in [2.24, 2.45) is 5.92 Å². The van der Waals surface area contributed by atoms with E-state index >= 15 is 0 Å². The molecule has 0 aromatic rings. The Morgan fingerprint density at radius 3 is 2.40 bits per heavy atom. The van der Waals surface area contributed by atoms with Crippen LogP contribution in [0.2, 0.25) is 0 Å². The summed E-state index contributed by atoms with van der Waals surface area (Å²) in [6.07, 6.45) is 0.566. The maximum Gasteiger partial charge on any atom is 0.243 e. The summed E-state index contributed by atoms with van der Waals surface area (Å²) in [6, 6.07) is 1.27. The molecular weight excluding hydrogens is 194 g/mol. The monoisotopic (exact) mass is 211 g/mol. The molecule has 0 aliphatic heterocycles. The number of hydrogen-bond acceptors (Lipinski definition) is 3. The maximum atomic E-state index is 11.5. The van der Waals surface area contributed by atoms with Gasteiger partial charge in [0.1, 0.15) is 12.6 Å². The van der Waals surface area contributed by atoms with Crippen LogP contribution in [-0.2, 0) is 9.59 Å². The van der Waals surface area contributed by atoms with Crippen LogP contribution >= 0.6 is 0 Å². The van der Waals surface area contributed by atoms with E-state index in [0.717, 1.165) is 0 Å². The highest BCUT2D eigenvalue weighted by Gasteiger charge is 2.19. The molecule has 0 radical (unpaired) electrons. The number of rotatable bonds is 5. The summed E-state index contributed by atoms with van der Waals surface area (Å²) in [5, 5.41) is 13.3. The zero-order valence-electron chi connectivity index (χ0n) is 9.33. The van der Waals surface area contributed by atoms with E-state index in [4.69, 9.17) is 5.26 Å². The van der Waals surface area contributed by atoms with Gasteiger partial charge in [0.2, 0.25) is 11.8 Å². The van der Waals surface area contributed by atoms with Crippen molar-refractivity contribution >= 4 is 11.8 Å². The van der Waals surface area contributed by atoms with E-state index < -0.39 is 6.04 Å². The molecule has 5 nitrogen and oxygen atoms in total. The highest BCUT2D eigenvalue weighted by molar-refractivity contribution is 5.86. The van der Waals surface area contributed by atoms with Gasteiger partial charge in [-0.3, -0.25) is 9.59 Å². The Hall–Kier alpha value is -1.57. The van der Waals surface area contributed by atoms with E-state index in [2.05, 4.69) is 10.6 Å². The van der Waals surface area contributed by atoms with Crippen LogP contribution in [0.25, 0.3) is 0 Å². The lowest BCUT2D eigenvalue weighted by Gasteiger charge is -2.18. The lowest BCUT2D eigenvalue weighted by Crippen LogP contribution is -2.46. The Kier molecular flexibility index (Phi) is 6.11. The zero-order valence-corrected chi connectivity index (χ0v) is 9.33. The molecule has 2 N–H and O–H groups in total. The minimum atomic E-state index is -0.546. The first-order chi connectivity index (χ1) is 6.97. The molecule has 0 saturated heterocycles. The molecular formula is C10H17N3O2. The number of hydrogen-bond donors (Lipinski definition) is 2. The number of nitrogens with zero attached hydrogens (tertiary/aromatic N) is 1. The second-order valence-electron chi connectivity index (χ2n) is 3.76. The van der Waals surface area contributed by atoms with Crippen LogP contribution in [0.3, 0.4) is 0 Å². The summed E-state index contributed by atoms with van der Waals surface area (Å²) < 4.78 is 0. The Labute approximate surface area is 89.8 Å². The number of carbonyl (C=O) groups is 2. The Morgan fingerprint density at radius 1 is 1.40 bits per heavy atom. The van der Waals surface area contributed by atoms with Gasteiger partial charge in [0.05, 0.1) is 6.07 Å². The predicted octanol–water partition coefficient (Wildman–Crippen LogP) is 0.177. The van der Waals surface area contributed by atoms with Gasteiger partial charge in [0.15, 0.2) is 0 Å². The fourth-order valence-corrected chi connectivity index (χ4v) is 1.20. The van der Waals surface area contributed by atoms with E-state index in [0.29, 0.717) is 12.3 Å². The second kappa shape index (κ2) is 6.82. The smallest absolute Gasteiger partial charge is 0.243 e. The van der Waals surface area contributed by atoms with Gasteiger partial charge in [-0.05, 0) is 12.3 Å². The molecule has 0 bridgehead atoms. The van der Waals surface area contributed by atoms with Crippen molar-refractivity contribution in [3.05, 3.63) is 0 Å². The number of carbonyl (C=O) groups excluding carboxylic acids is 2. The molecule has 0 heterocycles. The third-order valence-corrected chi connectivity index (χ3v) is 1.74. The minimum Gasteiger partial charge on any atom is -0.345 e. The van der Waals surface area contributed by atoms with Crippen LogP contribution in [0, 0.1) is 17.2 Å². The molecule has 0 aromatic carbocycles. The van der Waals surface area contributed by atoms with Gasteiger partial charge in [-0.1, -0.05) is 13.8 Å². The maximum absolute atomic E-state index is 11.5. The lowest BCUT2D eigenvalue weighted by molar-refractivity contribution is -0.128. The third kappa shape index (κ3) is 6.49. The molecule has 2 amide bonds. The third-order valence-electron chi connectivity index (χ3n) is 1.74. The van der Waals surface area contributed by atoms with E-state index in [1.165, 1.54) is 6.92 Å². The first kappa shape index (κ1) is 13.4. The van der Waals surface area contributed by atoms with Crippen molar-refractivity contribution in [2.75, 3.05) is 6.54 Å². The van der Waals surface area contributed by atoms with Crippen molar-refractivity contribution < 1.29 is 9.59 Å². The Morgan fingerprint density at radius 2 is 2.00 bits per heavy atom. The normalized spacial score (nSPS) is 11.7. The standard InChI is InChI=1S/C10H17N3O2/c1-7(2)6-9(13-8(3)14)10(15)12-5-4-11/h7,9H,5-6H2,1-3H3,(H,12,15)(H,13,14)/t9-/m0/s1. The number of amides is 2. The van der Waals surface area contributed by atoms with Crippen LogP contribution in [0.5, 0.6) is 0 Å². The highest BCUT2D eigenvalue weighted by Crippen LogP contribution is 2.04. The Balaban J connectivity index is 4.28. The molecule has 0 saturated carbocycles. The average Bonchev–Trinajstić information content (AvgIpc) is 2.11. The molecule has 15 heavy (non-hydrogen) atoms.